The SMILES string of the molecule is CC(C)c1cc(-c2cc(C(C)(C)C)cc(-c3c(F)c(F)c(F)c(F)c3F)c2N2CN(c3cc(Oc4ccc5c6ccccc6n(-c6cc(C(C)(C)C)ccn6)c5c4)cc(-c4cc(-c5ccccc5)cc(-c5ccccc5)c4)c3)c3ccccc32)cc(C(C)C)c1. The molecular formula is C80H69F5N4O. The first kappa shape index (κ1) is 59.2. The Labute approximate surface area is 523 Å². The third kappa shape index (κ3) is 10.9. The van der Waals surface area contributed by atoms with Crippen LogP contribution in [0.4, 0.5) is 44.7 Å². The Morgan fingerprint density at radius 2 is 0.933 bits per heavy atom. The quantitative estimate of drug-likeness (QED) is 0.0693. The first-order valence-corrected chi connectivity index (χ1v) is 30.7. The molecule has 10 aromatic carbocycles. The average molecular weight is 1200 g/mol. The second-order valence-electron chi connectivity index (χ2n) is 26.3. The summed E-state index contributed by atoms with van der Waals surface area (Å²) in [6, 6.07) is 69.7. The summed E-state index contributed by atoms with van der Waals surface area (Å²) in [5, 5.41) is 2.11. The molecule has 2 aromatic heterocycles. The van der Waals surface area contributed by atoms with Gasteiger partial charge in [-0.2, -0.15) is 0 Å². The average Bonchev–Trinajstić information content (AvgIpc) is 1.38. The smallest absolute Gasteiger partial charge is 0.200 e. The van der Waals surface area contributed by atoms with Crippen molar-refractivity contribution in [3.63, 3.8) is 0 Å². The van der Waals surface area contributed by atoms with E-state index in [0.29, 0.717) is 34.0 Å². The lowest BCUT2D eigenvalue weighted by Gasteiger charge is -2.31. The molecule has 13 rings (SSSR count). The number of ether oxygens (including phenoxy) is 1. The van der Waals surface area contributed by atoms with Gasteiger partial charge >= 0.3 is 0 Å². The molecule has 10 heteroatoms. The van der Waals surface area contributed by atoms with Crippen molar-refractivity contribution in [3.8, 4) is 73.0 Å². The molecule has 90 heavy (non-hydrogen) atoms. The summed E-state index contributed by atoms with van der Waals surface area (Å²) in [7, 11) is 0. The lowest BCUT2D eigenvalue weighted by Crippen LogP contribution is -2.25. The first-order chi connectivity index (χ1) is 43.1. The largest absolute Gasteiger partial charge is 0.457 e. The molecule has 0 N–H and O–H groups in total. The maximum absolute atomic E-state index is 16.9. The van der Waals surface area contributed by atoms with Crippen molar-refractivity contribution in [2.75, 3.05) is 16.5 Å². The molecule has 0 saturated carbocycles. The molecule has 1 aliphatic rings. The van der Waals surface area contributed by atoms with Crippen molar-refractivity contribution >= 4 is 44.6 Å². The van der Waals surface area contributed by atoms with Crippen LogP contribution in [0, 0.1) is 29.1 Å². The molecule has 12 aromatic rings. The summed E-state index contributed by atoms with van der Waals surface area (Å²) in [6.45, 7) is 21.0. The van der Waals surface area contributed by atoms with Gasteiger partial charge in [0.1, 0.15) is 24.0 Å². The highest BCUT2D eigenvalue weighted by Gasteiger charge is 2.37. The lowest BCUT2D eigenvalue weighted by atomic mass is 9.81. The Kier molecular flexibility index (Phi) is 15.1. The Hall–Kier alpha value is -9.80. The Morgan fingerprint density at radius 1 is 0.411 bits per heavy atom. The van der Waals surface area contributed by atoms with E-state index >= 15 is 22.0 Å². The fourth-order valence-corrected chi connectivity index (χ4v) is 12.5. The number of anilines is 4. The van der Waals surface area contributed by atoms with Crippen LogP contribution in [-0.4, -0.2) is 16.2 Å². The molecule has 0 atom stereocenters. The molecule has 3 heterocycles. The number of aromatic nitrogens is 2. The van der Waals surface area contributed by atoms with E-state index in [1.807, 2.05) is 123 Å². The van der Waals surface area contributed by atoms with Crippen LogP contribution in [0.1, 0.15) is 103 Å². The Balaban J connectivity index is 1.05. The summed E-state index contributed by atoms with van der Waals surface area (Å²) < 4.78 is 90.2. The van der Waals surface area contributed by atoms with Crippen LogP contribution in [0.25, 0.3) is 83.3 Å². The number of rotatable bonds is 12. The van der Waals surface area contributed by atoms with E-state index in [2.05, 4.69) is 167 Å². The molecule has 0 amide bonds. The van der Waals surface area contributed by atoms with Crippen molar-refractivity contribution in [2.45, 2.75) is 91.9 Å². The number of halogens is 5. The molecule has 0 fully saturated rings. The van der Waals surface area contributed by atoms with Gasteiger partial charge in [-0.3, -0.25) is 4.57 Å². The van der Waals surface area contributed by atoms with E-state index < -0.39 is 40.1 Å². The number of hydrogen-bond donors (Lipinski definition) is 0. The molecule has 450 valence electrons. The van der Waals surface area contributed by atoms with Gasteiger partial charge in [-0.1, -0.05) is 178 Å². The van der Waals surface area contributed by atoms with Crippen LogP contribution in [0.5, 0.6) is 11.5 Å². The van der Waals surface area contributed by atoms with Gasteiger partial charge in [-0.05, 0) is 169 Å². The van der Waals surface area contributed by atoms with Crippen LogP contribution >= 0.6 is 0 Å². The molecule has 1 aliphatic heterocycles. The van der Waals surface area contributed by atoms with E-state index in [-0.39, 0.29) is 35.2 Å². The Bertz CT molecular complexity index is 4650. The van der Waals surface area contributed by atoms with Gasteiger partial charge in [-0.15, -0.1) is 0 Å². The Morgan fingerprint density at radius 3 is 1.53 bits per heavy atom. The van der Waals surface area contributed by atoms with Crippen LogP contribution in [0.3, 0.4) is 0 Å². The summed E-state index contributed by atoms with van der Waals surface area (Å²) in [5.41, 5.74) is 13.3. The van der Waals surface area contributed by atoms with Crippen molar-refractivity contribution < 1.29 is 26.7 Å². The highest BCUT2D eigenvalue weighted by molar-refractivity contribution is 6.09. The minimum atomic E-state index is -2.22. The van der Waals surface area contributed by atoms with Crippen molar-refractivity contribution in [1.29, 1.82) is 0 Å². The summed E-state index contributed by atoms with van der Waals surface area (Å²) in [5.74, 6) is -8.04. The molecule has 0 saturated heterocycles. The van der Waals surface area contributed by atoms with Gasteiger partial charge < -0.3 is 14.5 Å². The zero-order valence-electron chi connectivity index (χ0n) is 52.2. The standard InChI is InChI=1S/C80H69F5N4O/c1-47(2)51-33-52(48(3)4)35-57(34-51)65-41-59(80(8,9)10)42-66(72-73(81)75(83)77(85)76(84)74(72)82)78(65)88-46-87(68-27-19-20-28-69(68)88)60-39-56(55-37-53(49-21-13-11-14-22-49)36-54(38-55)50-23-15-12-16-24-50)40-62(44-60)90-61-29-30-64-63-25-17-18-26-67(63)89(70(64)45-61)71-43-58(31-32-86-71)79(5,6)7/h11-45,47-48H,46H2,1-10H3. The van der Waals surface area contributed by atoms with E-state index in [0.717, 1.165) is 88.9 Å². The number of fused-ring (bicyclic) bond motifs is 4. The van der Waals surface area contributed by atoms with Crippen LogP contribution in [0.2, 0.25) is 0 Å². The van der Waals surface area contributed by atoms with Gasteiger partial charge in [0.25, 0.3) is 0 Å². The fourth-order valence-electron chi connectivity index (χ4n) is 12.5. The van der Waals surface area contributed by atoms with Gasteiger partial charge in [0.05, 0.1) is 33.7 Å². The van der Waals surface area contributed by atoms with E-state index in [4.69, 9.17) is 9.72 Å². The van der Waals surface area contributed by atoms with Gasteiger partial charge in [0, 0.05) is 45.9 Å². The topological polar surface area (TPSA) is 33.5 Å². The van der Waals surface area contributed by atoms with Crippen molar-refractivity contribution in [2.24, 2.45) is 0 Å². The molecule has 0 unspecified atom stereocenters. The molecule has 5 nitrogen and oxygen atoms in total. The zero-order valence-corrected chi connectivity index (χ0v) is 52.2. The summed E-state index contributed by atoms with van der Waals surface area (Å²) in [6.07, 6.45) is 1.87. The molecule has 0 aliphatic carbocycles. The second kappa shape index (κ2) is 23.0. The number of nitrogens with zero attached hydrogens (tertiary/aromatic N) is 4. The minimum Gasteiger partial charge on any atom is -0.457 e. The zero-order chi connectivity index (χ0) is 63.1. The van der Waals surface area contributed by atoms with Gasteiger partial charge in [-0.25, -0.2) is 26.9 Å². The lowest BCUT2D eigenvalue weighted by molar-refractivity contribution is 0.381. The third-order valence-electron chi connectivity index (χ3n) is 17.5. The van der Waals surface area contributed by atoms with Gasteiger partial charge in [0.2, 0.25) is 5.82 Å². The van der Waals surface area contributed by atoms with E-state index in [1.165, 1.54) is 0 Å². The normalized spacial score (nSPS) is 12.7. The summed E-state index contributed by atoms with van der Waals surface area (Å²) in [4.78, 5) is 9.01. The first-order valence-electron chi connectivity index (χ1n) is 30.7. The van der Waals surface area contributed by atoms with E-state index in [1.54, 1.807) is 6.07 Å². The molecule has 0 spiro atoms. The predicted molar refractivity (Wildman–Crippen MR) is 360 cm³/mol. The molecule has 0 bridgehead atoms. The maximum atomic E-state index is 16.9. The van der Waals surface area contributed by atoms with Crippen LogP contribution in [0.15, 0.2) is 212 Å². The number of para-hydroxylation sites is 3. The van der Waals surface area contributed by atoms with Crippen LogP contribution in [-0.2, 0) is 10.8 Å². The van der Waals surface area contributed by atoms with Gasteiger partial charge in [0.15, 0.2) is 23.3 Å². The third-order valence-corrected chi connectivity index (χ3v) is 17.5. The highest BCUT2D eigenvalue weighted by Crippen LogP contribution is 2.54. The number of benzene rings is 10. The summed E-state index contributed by atoms with van der Waals surface area (Å²) >= 11 is 0. The fraction of sp³-hybridized carbons (Fsp3) is 0.188. The number of pyridine rings is 1. The van der Waals surface area contributed by atoms with Crippen LogP contribution < -0.4 is 14.5 Å². The number of hydrogen-bond acceptors (Lipinski definition) is 4. The highest BCUT2D eigenvalue weighted by atomic mass is 19.2. The molecular weight excluding hydrogens is 1130 g/mol. The molecule has 0 radical (unpaired) electrons. The minimum absolute atomic E-state index is 0.0411. The predicted octanol–water partition coefficient (Wildman–Crippen LogP) is 23.1. The van der Waals surface area contributed by atoms with Crippen molar-refractivity contribution in [3.05, 3.63) is 264 Å². The van der Waals surface area contributed by atoms with Crippen molar-refractivity contribution in [1.82, 2.24) is 9.55 Å². The van der Waals surface area contributed by atoms with E-state index in [9.17, 15) is 0 Å². The second-order valence-corrected chi connectivity index (χ2v) is 26.3. The monoisotopic (exact) mass is 1200 g/mol. The maximum Gasteiger partial charge on any atom is 0.200 e.